The second-order valence-corrected chi connectivity index (χ2v) is 5.10. The molecule has 2 atom stereocenters. The van der Waals surface area contributed by atoms with E-state index in [-0.39, 0.29) is 12.2 Å². The van der Waals surface area contributed by atoms with Crippen LogP contribution in [0.4, 0.5) is 13.2 Å². The number of nitrogens with two attached hydrogens (primary N) is 1. The summed E-state index contributed by atoms with van der Waals surface area (Å²) in [5.41, 5.74) is 5.46. The zero-order valence-electron chi connectivity index (χ0n) is 10.8. The largest absolute Gasteiger partial charge is 0.411 e. The molecule has 1 aliphatic carbocycles. The second-order valence-electron chi connectivity index (χ2n) is 5.10. The number of halogens is 3. The minimum Gasteiger partial charge on any atom is -0.374 e. The number of hydrogen-bond donors (Lipinski definition) is 1. The summed E-state index contributed by atoms with van der Waals surface area (Å²) < 4.78 is 45.7. The molecule has 0 spiro atoms. The molecule has 2 N–H and O–H groups in total. The van der Waals surface area contributed by atoms with Crippen molar-refractivity contribution in [2.24, 2.45) is 11.7 Å². The van der Waals surface area contributed by atoms with Crippen LogP contribution in [0.25, 0.3) is 0 Å². The van der Waals surface area contributed by atoms with E-state index in [1.807, 2.05) is 0 Å². The second kappa shape index (κ2) is 6.73. The Morgan fingerprint density at radius 1 is 1.33 bits per heavy atom. The summed E-state index contributed by atoms with van der Waals surface area (Å²) in [7, 11) is 0. The minimum absolute atomic E-state index is 0.0652. The molecule has 3 nitrogen and oxygen atoms in total. The maximum atomic E-state index is 11.8. The van der Waals surface area contributed by atoms with Gasteiger partial charge in [0, 0.05) is 19.8 Å². The molecule has 6 heteroatoms. The maximum absolute atomic E-state index is 11.8. The van der Waals surface area contributed by atoms with Crippen molar-refractivity contribution in [3.05, 3.63) is 0 Å². The molecule has 1 aliphatic rings. The highest BCUT2D eigenvalue weighted by molar-refractivity contribution is 4.90. The van der Waals surface area contributed by atoms with Gasteiger partial charge < -0.3 is 15.2 Å². The lowest BCUT2D eigenvalue weighted by Crippen LogP contribution is -2.38. The Morgan fingerprint density at radius 3 is 2.56 bits per heavy atom. The number of alkyl halides is 3. The van der Waals surface area contributed by atoms with E-state index in [0.29, 0.717) is 25.5 Å². The third-order valence-electron chi connectivity index (χ3n) is 3.29. The van der Waals surface area contributed by atoms with Crippen molar-refractivity contribution in [2.75, 3.05) is 26.4 Å². The predicted molar refractivity (Wildman–Crippen MR) is 62.2 cm³/mol. The lowest BCUT2D eigenvalue weighted by Gasteiger charge is -2.28. The molecular weight excluding hydrogens is 247 g/mol. The van der Waals surface area contributed by atoms with Crippen molar-refractivity contribution in [3.63, 3.8) is 0 Å². The van der Waals surface area contributed by atoms with Gasteiger partial charge in [-0.25, -0.2) is 0 Å². The normalized spacial score (nSPS) is 28.8. The highest BCUT2D eigenvalue weighted by Crippen LogP contribution is 2.36. The molecule has 0 amide bonds. The number of rotatable bonds is 7. The van der Waals surface area contributed by atoms with Crippen LogP contribution in [-0.4, -0.2) is 38.1 Å². The molecule has 2 unspecified atom stereocenters. The molecule has 0 aromatic rings. The summed E-state index contributed by atoms with van der Waals surface area (Å²) >= 11 is 0. The molecule has 0 aromatic heterocycles. The summed E-state index contributed by atoms with van der Waals surface area (Å²) in [6.45, 7) is 1.91. The Kier molecular flexibility index (Phi) is 5.88. The van der Waals surface area contributed by atoms with Gasteiger partial charge in [-0.3, -0.25) is 0 Å². The first-order valence-corrected chi connectivity index (χ1v) is 6.35. The van der Waals surface area contributed by atoms with E-state index in [1.54, 1.807) is 0 Å². The summed E-state index contributed by atoms with van der Waals surface area (Å²) in [4.78, 5) is 0. The average molecular weight is 269 g/mol. The van der Waals surface area contributed by atoms with Gasteiger partial charge in [0.1, 0.15) is 6.61 Å². The molecule has 18 heavy (non-hydrogen) atoms. The van der Waals surface area contributed by atoms with Crippen LogP contribution in [0.1, 0.15) is 32.6 Å². The first kappa shape index (κ1) is 15.7. The Hall–Kier alpha value is -0.330. The van der Waals surface area contributed by atoms with E-state index < -0.39 is 12.8 Å². The zero-order chi connectivity index (χ0) is 13.6. The molecular formula is C12H22F3NO2. The van der Waals surface area contributed by atoms with Crippen LogP contribution in [0.5, 0.6) is 0 Å². The summed E-state index contributed by atoms with van der Waals surface area (Å²) in [5.74, 6) is 0.607. The standard InChI is InChI=1S/C12H22F3NO2/c1-10-3-4-11(7-10,8-16)18-6-2-5-17-9-12(13,14)15/h10H,2-9,16H2,1H3. The van der Waals surface area contributed by atoms with Gasteiger partial charge in [0.2, 0.25) is 0 Å². The van der Waals surface area contributed by atoms with Crippen LogP contribution in [0.3, 0.4) is 0 Å². The third-order valence-corrected chi connectivity index (χ3v) is 3.29. The van der Waals surface area contributed by atoms with E-state index in [9.17, 15) is 13.2 Å². The molecule has 0 aromatic carbocycles. The van der Waals surface area contributed by atoms with E-state index in [0.717, 1.165) is 19.3 Å². The Balaban J connectivity index is 2.10. The van der Waals surface area contributed by atoms with Crippen molar-refractivity contribution in [2.45, 2.75) is 44.4 Å². The van der Waals surface area contributed by atoms with Gasteiger partial charge in [-0.05, 0) is 31.6 Å². The summed E-state index contributed by atoms with van der Waals surface area (Å²) in [5, 5.41) is 0. The lowest BCUT2D eigenvalue weighted by atomic mass is 10.0. The fourth-order valence-corrected chi connectivity index (χ4v) is 2.36. The fourth-order valence-electron chi connectivity index (χ4n) is 2.36. The Labute approximate surface area is 106 Å². The van der Waals surface area contributed by atoms with Gasteiger partial charge in [-0.1, -0.05) is 6.92 Å². The predicted octanol–water partition coefficient (Wildman–Crippen LogP) is 2.49. The van der Waals surface area contributed by atoms with Crippen LogP contribution in [0, 0.1) is 5.92 Å². The molecule has 1 saturated carbocycles. The molecule has 0 bridgehead atoms. The van der Waals surface area contributed by atoms with Crippen LogP contribution in [-0.2, 0) is 9.47 Å². The molecule has 1 rings (SSSR count). The Morgan fingerprint density at radius 2 is 2.06 bits per heavy atom. The van der Waals surface area contributed by atoms with Crippen molar-refractivity contribution < 1.29 is 22.6 Å². The van der Waals surface area contributed by atoms with Gasteiger partial charge in [0.25, 0.3) is 0 Å². The van der Waals surface area contributed by atoms with E-state index in [4.69, 9.17) is 10.5 Å². The van der Waals surface area contributed by atoms with Crippen molar-refractivity contribution in [3.8, 4) is 0 Å². The van der Waals surface area contributed by atoms with Gasteiger partial charge in [0.15, 0.2) is 0 Å². The van der Waals surface area contributed by atoms with E-state index in [1.165, 1.54) is 0 Å². The average Bonchev–Trinajstić information content (AvgIpc) is 2.65. The van der Waals surface area contributed by atoms with Crippen molar-refractivity contribution in [1.82, 2.24) is 0 Å². The maximum Gasteiger partial charge on any atom is 0.411 e. The quantitative estimate of drug-likeness (QED) is 0.722. The number of hydrogen-bond acceptors (Lipinski definition) is 3. The molecule has 0 heterocycles. The van der Waals surface area contributed by atoms with Crippen LogP contribution < -0.4 is 5.73 Å². The SMILES string of the molecule is CC1CCC(CN)(OCCCOCC(F)(F)F)C1. The van der Waals surface area contributed by atoms with Crippen LogP contribution in [0.15, 0.2) is 0 Å². The summed E-state index contributed by atoms with van der Waals surface area (Å²) in [6, 6.07) is 0. The van der Waals surface area contributed by atoms with Crippen LogP contribution in [0.2, 0.25) is 0 Å². The smallest absolute Gasteiger partial charge is 0.374 e. The highest BCUT2D eigenvalue weighted by Gasteiger charge is 2.37. The minimum atomic E-state index is -4.25. The third kappa shape index (κ3) is 5.54. The van der Waals surface area contributed by atoms with Gasteiger partial charge in [0.05, 0.1) is 5.60 Å². The fraction of sp³-hybridized carbons (Fsp3) is 1.00. The summed E-state index contributed by atoms with van der Waals surface area (Å²) in [6.07, 6.45) is -0.810. The molecule has 108 valence electrons. The first-order valence-electron chi connectivity index (χ1n) is 6.35. The van der Waals surface area contributed by atoms with E-state index >= 15 is 0 Å². The van der Waals surface area contributed by atoms with Gasteiger partial charge in [-0.15, -0.1) is 0 Å². The lowest BCUT2D eigenvalue weighted by molar-refractivity contribution is -0.175. The number of ether oxygens (including phenoxy) is 2. The topological polar surface area (TPSA) is 44.5 Å². The molecule has 0 radical (unpaired) electrons. The van der Waals surface area contributed by atoms with Crippen LogP contribution >= 0.6 is 0 Å². The van der Waals surface area contributed by atoms with Crippen molar-refractivity contribution >= 4 is 0 Å². The molecule has 1 fully saturated rings. The highest BCUT2D eigenvalue weighted by atomic mass is 19.4. The zero-order valence-corrected chi connectivity index (χ0v) is 10.8. The van der Waals surface area contributed by atoms with Gasteiger partial charge >= 0.3 is 6.18 Å². The monoisotopic (exact) mass is 269 g/mol. The Bertz CT molecular complexity index is 248. The van der Waals surface area contributed by atoms with Gasteiger partial charge in [-0.2, -0.15) is 13.2 Å². The molecule has 0 saturated heterocycles. The van der Waals surface area contributed by atoms with E-state index in [2.05, 4.69) is 11.7 Å². The molecule has 0 aliphatic heterocycles. The first-order chi connectivity index (χ1) is 8.37. The van der Waals surface area contributed by atoms with Crippen molar-refractivity contribution in [1.29, 1.82) is 0 Å².